The van der Waals surface area contributed by atoms with Crippen molar-refractivity contribution in [2.24, 2.45) is 0 Å². The molecule has 7 heteroatoms. The molecule has 0 spiro atoms. The van der Waals surface area contributed by atoms with Crippen LogP contribution in [-0.4, -0.2) is 36.0 Å². The van der Waals surface area contributed by atoms with E-state index in [9.17, 15) is 23.3 Å². The van der Waals surface area contributed by atoms with Crippen molar-refractivity contribution in [3.63, 3.8) is 0 Å². The second kappa shape index (κ2) is 4.80. The molecule has 1 aromatic carbocycles. The highest BCUT2D eigenvalue weighted by Gasteiger charge is 2.44. The lowest BCUT2D eigenvalue weighted by Gasteiger charge is -2.18. The smallest absolute Gasteiger partial charge is 0.299 e. The van der Waals surface area contributed by atoms with Crippen LogP contribution in [0.25, 0.3) is 0 Å². The quantitative estimate of drug-likeness (QED) is 0.614. The number of likely N-dealkylation sites (tertiary alicyclic amines) is 1. The summed E-state index contributed by atoms with van der Waals surface area (Å²) in [5.41, 5.74) is -0.761. The Labute approximate surface area is 108 Å². The van der Waals surface area contributed by atoms with Crippen molar-refractivity contribution >= 4 is 0 Å². The molecule has 0 saturated carbocycles. The van der Waals surface area contributed by atoms with Crippen LogP contribution in [0.15, 0.2) is 24.3 Å². The summed E-state index contributed by atoms with van der Waals surface area (Å²) in [6.45, 7) is 0.433. The molecule has 104 valence electrons. The number of rotatable bonds is 2. The van der Waals surface area contributed by atoms with Gasteiger partial charge in [-0.1, -0.05) is 18.2 Å². The number of nitrogens with zero attached hydrogens (tertiary/aromatic N) is 2. The number of alkyl halides is 3. The van der Waals surface area contributed by atoms with E-state index in [2.05, 4.69) is 0 Å². The monoisotopic (exact) mass is 274 g/mol. The number of benzene rings is 1. The summed E-state index contributed by atoms with van der Waals surface area (Å²) in [6, 6.07) is 4.10. The predicted molar refractivity (Wildman–Crippen MR) is 62.5 cm³/mol. The van der Waals surface area contributed by atoms with Crippen LogP contribution in [0.1, 0.15) is 17.0 Å². The van der Waals surface area contributed by atoms with Gasteiger partial charge in [-0.3, -0.25) is 15.0 Å². The summed E-state index contributed by atoms with van der Waals surface area (Å²) >= 11 is 0. The van der Waals surface area contributed by atoms with E-state index in [1.54, 1.807) is 11.9 Å². The van der Waals surface area contributed by atoms with Crippen LogP contribution in [0.4, 0.5) is 13.2 Å². The van der Waals surface area contributed by atoms with Gasteiger partial charge in [0.15, 0.2) is 0 Å². The Morgan fingerprint density at radius 2 is 1.95 bits per heavy atom. The third-order valence-electron chi connectivity index (χ3n) is 3.41. The third-order valence-corrected chi connectivity index (χ3v) is 3.41. The van der Waals surface area contributed by atoms with E-state index in [1.807, 2.05) is 0 Å². The van der Waals surface area contributed by atoms with Crippen LogP contribution in [0.3, 0.4) is 0 Å². The van der Waals surface area contributed by atoms with Gasteiger partial charge in [0.25, 0.3) is 0 Å². The minimum absolute atomic E-state index is 0.0149. The van der Waals surface area contributed by atoms with E-state index in [1.165, 1.54) is 18.2 Å². The van der Waals surface area contributed by atoms with Crippen LogP contribution in [0.5, 0.6) is 0 Å². The molecule has 1 heterocycles. The molecule has 0 aliphatic carbocycles. The van der Waals surface area contributed by atoms with Crippen molar-refractivity contribution < 1.29 is 18.1 Å². The largest absolute Gasteiger partial charge is 0.416 e. The highest BCUT2D eigenvalue weighted by atomic mass is 19.4. The molecule has 2 rings (SSSR count). The molecular weight excluding hydrogens is 261 g/mol. The van der Waals surface area contributed by atoms with E-state index in [4.69, 9.17) is 0 Å². The number of hydrogen-bond acceptors (Lipinski definition) is 3. The summed E-state index contributed by atoms with van der Waals surface area (Å²) in [4.78, 5) is 12.2. The number of likely N-dealkylation sites (N-methyl/N-ethyl adjacent to an activating group) is 1. The van der Waals surface area contributed by atoms with Gasteiger partial charge < -0.3 is 0 Å². The average Bonchev–Trinajstić information content (AvgIpc) is 2.70. The molecular formula is C12H13F3N2O2. The molecule has 0 radical (unpaired) electrons. The van der Waals surface area contributed by atoms with E-state index >= 15 is 0 Å². The summed E-state index contributed by atoms with van der Waals surface area (Å²) in [7, 11) is 1.67. The first-order chi connectivity index (χ1) is 8.80. The maximum atomic E-state index is 12.9. The van der Waals surface area contributed by atoms with Gasteiger partial charge in [-0.05, 0) is 18.7 Å². The van der Waals surface area contributed by atoms with Crippen LogP contribution < -0.4 is 0 Å². The Bertz CT molecular complexity index is 490. The van der Waals surface area contributed by atoms with Gasteiger partial charge >= 0.3 is 6.18 Å². The lowest BCUT2D eigenvalue weighted by atomic mass is 9.90. The molecule has 0 N–H and O–H groups in total. The number of nitro groups is 1. The zero-order chi connectivity index (χ0) is 14.2. The standard InChI is InChI=1S/C12H13F3N2O2/c1-16-6-9(11(7-16)17(18)19)8-4-2-3-5-10(8)12(13,14)15/h2-5,9,11H,6-7H2,1H3/t9?,11-/m1/s1. The fourth-order valence-corrected chi connectivity index (χ4v) is 2.58. The van der Waals surface area contributed by atoms with Crippen molar-refractivity contribution in [2.75, 3.05) is 20.1 Å². The van der Waals surface area contributed by atoms with Gasteiger partial charge in [0, 0.05) is 11.5 Å². The Hall–Kier alpha value is -1.63. The topological polar surface area (TPSA) is 46.4 Å². The Kier molecular flexibility index (Phi) is 3.49. The molecule has 19 heavy (non-hydrogen) atoms. The van der Waals surface area contributed by atoms with Crippen LogP contribution in [-0.2, 0) is 6.18 Å². The minimum Gasteiger partial charge on any atom is -0.299 e. The van der Waals surface area contributed by atoms with E-state index in [0.717, 1.165) is 6.07 Å². The Balaban J connectivity index is 2.44. The predicted octanol–water partition coefficient (Wildman–Crippen LogP) is 2.38. The van der Waals surface area contributed by atoms with Gasteiger partial charge in [-0.2, -0.15) is 13.2 Å². The van der Waals surface area contributed by atoms with Gasteiger partial charge in [0.1, 0.15) is 0 Å². The molecule has 2 atom stereocenters. The van der Waals surface area contributed by atoms with E-state index in [-0.39, 0.29) is 18.7 Å². The molecule has 0 amide bonds. The molecule has 1 fully saturated rings. The van der Waals surface area contributed by atoms with Gasteiger partial charge in [-0.25, -0.2) is 0 Å². The normalized spacial score (nSPS) is 24.6. The van der Waals surface area contributed by atoms with Gasteiger partial charge in [0.05, 0.1) is 18.0 Å². The SMILES string of the molecule is CN1CC(c2ccccc2C(F)(F)F)[C@H]([N+](=O)[O-])C1. The van der Waals surface area contributed by atoms with Gasteiger partial charge in [0.2, 0.25) is 6.04 Å². The Morgan fingerprint density at radius 3 is 2.53 bits per heavy atom. The molecule has 1 unspecified atom stereocenters. The average molecular weight is 274 g/mol. The maximum Gasteiger partial charge on any atom is 0.416 e. The van der Waals surface area contributed by atoms with E-state index in [0.29, 0.717) is 0 Å². The number of hydrogen-bond donors (Lipinski definition) is 0. The fraction of sp³-hybridized carbons (Fsp3) is 0.500. The van der Waals surface area contributed by atoms with Crippen LogP contribution in [0.2, 0.25) is 0 Å². The van der Waals surface area contributed by atoms with Crippen molar-refractivity contribution in [1.82, 2.24) is 4.90 Å². The second-order valence-electron chi connectivity index (χ2n) is 4.77. The molecule has 0 bridgehead atoms. The molecule has 1 aromatic rings. The van der Waals surface area contributed by atoms with Crippen molar-refractivity contribution in [3.05, 3.63) is 45.5 Å². The molecule has 1 aliphatic heterocycles. The molecule has 1 aliphatic rings. The van der Waals surface area contributed by atoms with Gasteiger partial charge in [-0.15, -0.1) is 0 Å². The van der Waals surface area contributed by atoms with E-state index < -0.39 is 28.6 Å². The molecule has 0 aromatic heterocycles. The van der Waals surface area contributed by atoms with Crippen molar-refractivity contribution in [3.8, 4) is 0 Å². The summed E-state index contributed by atoms with van der Waals surface area (Å²) in [6.07, 6.45) is -4.49. The third kappa shape index (κ3) is 2.70. The molecule has 1 saturated heterocycles. The minimum atomic E-state index is -4.49. The highest BCUT2D eigenvalue weighted by Crippen LogP contribution is 2.38. The number of halogens is 3. The maximum absolute atomic E-state index is 12.9. The zero-order valence-electron chi connectivity index (χ0n) is 10.2. The van der Waals surface area contributed by atoms with Crippen LogP contribution >= 0.6 is 0 Å². The second-order valence-corrected chi connectivity index (χ2v) is 4.77. The zero-order valence-corrected chi connectivity index (χ0v) is 10.2. The molecule has 4 nitrogen and oxygen atoms in total. The summed E-state index contributed by atoms with van der Waals surface area (Å²) < 4.78 is 38.8. The lowest BCUT2D eigenvalue weighted by molar-refractivity contribution is -0.521. The Morgan fingerprint density at radius 1 is 1.32 bits per heavy atom. The highest BCUT2D eigenvalue weighted by molar-refractivity contribution is 5.34. The van der Waals surface area contributed by atoms with Crippen molar-refractivity contribution in [2.45, 2.75) is 18.1 Å². The summed E-state index contributed by atoms with van der Waals surface area (Å²) in [5, 5.41) is 11.0. The summed E-state index contributed by atoms with van der Waals surface area (Å²) in [5.74, 6) is -0.724. The first kappa shape index (κ1) is 13.8. The van der Waals surface area contributed by atoms with Crippen LogP contribution in [0, 0.1) is 10.1 Å². The first-order valence-electron chi connectivity index (χ1n) is 5.79. The first-order valence-corrected chi connectivity index (χ1v) is 5.79. The lowest BCUT2D eigenvalue weighted by Crippen LogP contribution is -2.28. The van der Waals surface area contributed by atoms with Crippen molar-refractivity contribution in [1.29, 1.82) is 0 Å². The fourth-order valence-electron chi connectivity index (χ4n) is 2.58.